The number of carbonyl (C=O) groups excluding carboxylic acids is 1. The number of benzene rings is 1. The van der Waals surface area contributed by atoms with Gasteiger partial charge in [-0.3, -0.25) is 9.88 Å². The number of nitrogens with one attached hydrogen (secondary N) is 1. The minimum Gasteiger partial charge on any atom is -0.351 e. The van der Waals surface area contributed by atoms with E-state index in [-0.39, 0.29) is 5.95 Å². The molecule has 11 nitrogen and oxygen atoms in total. The summed E-state index contributed by atoms with van der Waals surface area (Å²) in [5, 5.41) is 0.490. The van der Waals surface area contributed by atoms with Crippen LogP contribution < -0.4 is 15.4 Å². The highest BCUT2D eigenvalue weighted by Gasteiger charge is 2.20. The molecule has 4 rings (SSSR count). The SMILES string of the molecule is CCN(C(N)=O)c1nc2cc(-c3cnc(NS(=O)(=O)N(C)C)nc3)cc(-c3ccccn3)c2s1. The van der Waals surface area contributed by atoms with Crippen LogP contribution in [-0.4, -0.2) is 59.3 Å². The molecule has 0 aliphatic rings. The van der Waals surface area contributed by atoms with Crippen molar-refractivity contribution < 1.29 is 13.2 Å². The number of aromatic nitrogens is 4. The Balaban J connectivity index is 1.81. The van der Waals surface area contributed by atoms with Crippen LogP contribution in [0.4, 0.5) is 15.9 Å². The Kier molecular flexibility index (Phi) is 6.41. The van der Waals surface area contributed by atoms with Crippen molar-refractivity contribution in [2.45, 2.75) is 6.92 Å². The number of hydrogen-bond acceptors (Lipinski definition) is 8. The summed E-state index contributed by atoms with van der Waals surface area (Å²) in [7, 11) is -0.901. The molecule has 1 aromatic carbocycles. The molecule has 0 saturated carbocycles. The van der Waals surface area contributed by atoms with Gasteiger partial charge in [-0.2, -0.15) is 12.7 Å². The quantitative estimate of drug-likeness (QED) is 0.398. The van der Waals surface area contributed by atoms with E-state index in [4.69, 9.17) is 5.73 Å². The van der Waals surface area contributed by atoms with Crippen molar-refractivity contribution in [1.29, 1.82) is 0 Å². The smallest absolute Gasteiger partial charge is 0.321 e. The molecular formula is C21H22N8O3S2. The predicted molar refractivity (Wildman–Crippen MR) is 133 cm³/mol. The van der Waals surface area contributed by atoms with Crippen LogP contribution in [0.3, 0.4) is 0 Å². The molecule has 3 aromatic heterocycles. The van der Waals surface area contributed by atoms with Crippen molar-refractivity contribution in [3.05, 3.63) is 48.9 Å². The number of primary amides is 1. The zero-order valence-electron chi connectivity index (χ0n) is 18.6. The number of nitrogens with two attached hydrogens (primary N) is 1. The van der Waals surface area contributed by atoms with Gasteiger partial charge in [0, 0.05) is 50.4 Å². The number of nitrogens with zero attached hydrogens (tertiary/aromatic N) is 6. The summed E-state index contributed by atoms with van der Waals surface area (Å²) in [6.45, 7) is 2.21. The van der Waals surface area contributed by atoms with E-state index in [1.807, 2.05) is 37.3 Å². The lowest BCUT2D eigenvalue weighted by Crippen LogP contribution is -2.35. The molecule has 0 radical (unpaired) electrons. The molecule has 0 spiro atoms. The molecular weight excluding hydrogens is 476 g/mol. The van der Waals surface area contributed by atoms with Crippen LogP contribution in [0.15, 0.2) is 48.9 Å². The maximum absolute atomic E-state index is 12.0. The fourth-order valence-corrected chi connectivity index (χ4v) is 4.79. The normalized spacial score (nSPS) is 11.6. The van der Waals surface area contributed by atoms with Gasteiger partial charge >= 0.3 is 16.2 Å². The molecule has 0 saturated heterocycles. The van der Waals surface area contributed by atoms with E-state index in [2.05, 4.69) is 24.7 Å². The van der Waals surface area contributed by atoms with Gasteiger partial charge in [0.05, 0.1) is 15.9 Å². The number of pyridine rings is 1. The van der Waals surface area contributed by atoms with E-state index < -0.39 is 16.2 Å². The molecule has 0 atom stereocenters. The number of hydrogen-bond donors (Lipinski definition) is 2. The minimum absolute atomic E-state index is 0.0422. The molecule has 3 heterocycles. The average molecular weight is 499 g/mol. The van der Waals surface area contributed by atoms with Crippen LogP contribution in [0.25, 0.3) is 32.6 Å². The summed E-state index contributed by atoms with van der Waals surface area (Å²) in [4.78, 5) is 30.7. The lowest BCUT2D eigenvalue weighted by molar-refractivity contribution is 0.254. The van der Waals surface area contributed by atoms with Crippen LogP contribution >= 0.6 is 11.3 Å². The van der Waals surface area contributed by atoms with Crippen molar-refractivity contribution in [2.24, 2.45) is 5.73 Å². The van der Waals surface area contributed by atoms with Crippen LogP contribution in [0.1, 0.15) is 6.92 Å². The van der Waals surface area contributed by atoms with E-state index in [0.29, 0.717) is 22.8 Å². The summed E-state index contributed by atoms with van der Waals surface area (Å²) in [6, 6.07) is 8.83. The number of carbonyl (C=O) groups is 1. The highest BCUT2D eigenvalue weighted by Crippen LogP contribution is 2.39. The Morgan fingerprint density at radius 3 is 2.44 bits per heavy atom. The number of thiazole rings is 1. The second-order valence-electron chi connectivity index (χ2n) is 7.35. The van der Waals surface area contributed by atoms with Gasteiger partial charge in [0.25, 0.3) is 0 Å². The number of rotatable bonds is 7. The summed E-state index contributed by atoms with van der Waals surface area (Å²) in [5.41, 5.74) is 9.17. The Labute approximate surface area is 200 Å². The number of amides is 2. The molecule has 13 heteroatoms. The van der Waals surface area contributed by atoms with Crippen LogP contribution in [0, 0.1) is 0 Å². The Bertz CT molecular complexity index is 1440. The maximum atomic E-state index is 12.0. The molecule has 3 N–H and O–H groups in total. The van der Waals surface area contributed by atoms with Gasteiger partial charge in [-0.15, -0.1) is 0 Å². The van der Waals surface area contributed by atoms with Gasteiger partial charge < -0.3 is 5.73 Å². The first-order valence-electron chi connectivity index (χ1n) is 10.1. The molecule has 34 heavy (non-hydrogen) atoms. The molecule has 0 aliphatic heterocycles. The lowest BCUT2D eigenvalue weighted by Gasteiger charge is -2.13. The largest absolute Gasteiger partial charge is 0.351 e. The van der Waals surface area contributed by atoms with E-state index in [0.717, 1.165) is 25.8 Å². The molecule has 2 amide bonds. The first-order chi connectivity index (χ1) is 16.2. The van der Waals surface area contributed by atoms with Crippen molar-refractivity contribution in [2.75, 3.05) is 30.3 Å². The van der Waals surface area contributed by atoms with E-state index in [9.17, 15) is 13.2 Å². The zero-order valence-corrected chi connectivity index (χ0v) is 20.3. The topological polar surface area (TPSA) is 147 Å². The third kappa shape index (κ3) is 4.66. The first kappa shape index (κ1) is 23.5. The van der Waals surface area contributed by atoms with E-state index in [1.54, 1.807) is 6.20 Å². The molecule has 0 fully saturated rings. The number of fused-ring (bicyclic) bond motifs is 1. The van der Waals surface area contributed by atoms with Gasteiger partial charge in [0.1, 0.15) is 0 Å². The summed E-state index contributed by atoms with van der Waals surface area (Å²) in [5.74, 6) is -0.0422. The van der Waals surface area contributed by atoms with Crippen molar-refractivity contribution in [1.82, 2.24) is 24.2 Å². The van der Waals surface area contributed by atoms with Crippen molar-refractivity contribution in [3.63, 3.8) is 0 Å². The summed E-state index contributed by atoms with van der Waals surface area (Å²) in [6.07, 6.45) is 4.75. The molecule has 4 aromatic rings. The standard InChI is InChI=1S/C21H22N8O3S2/c1-4-29(19(22)30)21-26-17-10-13(9-15(18(17)33-21)16-7-5-6-8-23-16)14-11-24-20(25-12-14)27-34(31,32)28(2)3/h5-12H,4H2,1-3H3,(H2,22,30)(H,24,25,27). The van der Waals surface area contributed by atoms with E-state index in [1.165, 1.54) is 42.7 Å². The van der Waals surface area contributed by atoms with Gasteiger partial charge in [-0.05, 0) is 36.8 Å². The lowest BCUT2D eigenvalue weighted by atomic mass is 10.0. The average Bonchev–Trinajstić information content (AvgIpc) is 3.23. The van der Waals surface area contributed by atoms with Gasteiger partial charge in [-0.25, -0.2) is 24.5 Å². The minimum atomic E-state index is -3.72. The van der Waals surface area contributed by atoms with Crippen LogP contribution in [0.5, 0.6) is 0 Å². The second-order valence-corrected chi connectivity index (χ2v) is 10.2. The highest BCUT2D eigenvalue weighted by atomic mass is 32.2. The van der Waals surface area contributed by atoms with Crippen LogP contribution in [-0.2, 0) is 10.2 Å². The predicted octanol–water partition coefficient (Wildman–Crippen LogP) is 2.94. The van der Waals surface area contributed by atoms with E-state index >= 15 is 0 Å². The van der Waals surface area contributed by atoms with Crippen molar-refractivity contribution >= 4 is 48.9 Å². The maximum Gasteiger partial charge on any atom is 0.321 e. The van der Waals surface area contributed by atoms with Gasteiger partial charge in [0.15, 0.2) is 5.13 Å². The highest BCUT2D eigenvalue weighted by molar-refractivity contribution is 7.90. The molecule has 0 aliphatic carbocycles. The second kappa shape index (κ2) is 9.29. The van der Waals surface area contributed by atoms with Crippen LogP contribution in [0.2, 0.25) is 0 Å². The summed E-state index contributed by atoms with van der Waals surface area (Å²) >= 11 is 1.36. The number of urea groups is 1. The fourth-order valence-electron chi connectivity index (χ4n) is 3.14. The molecule has 0 bridgehead atoms. The number of anilines is 2. The third-order valence-electron chi connectivity index (χ3n) is 4.92. The molecule has 0 unspecified atom stereocenters. The Morgan fingerprint density at radius 2 is 1.85 bits per heavy atom. The first-order valence-corrected chi connectivity index (χ1v) is 12.4. The summed E-state index contributed by atoms with van der Waals surface area (Å²) < 4.78 is 28.2. The zero-order chi connectivity index (χ0) is 24.5. The molecule has 176 valence electrons. The van der Waals surface area contributed by atoms with Crippen molar-refractivity contribution in [3.8, 4) is 22.4 Å². The van der Waals surface area contributed by atoms with Gasteiger partial charge in [0.2, 0.25) is 5.95 Å². The Hall–Kier alpha value is -3.68. The van der Waals surface area contributed by atoms with Gasteiger partial charge in [-0.1, -0.05) is 17.4 Å². The third-order valence-corrected chi connectivity index (χ3v) is 7.45. The fraction of sp³-hybridized carbons (Fsp3) is 0.190. The Morgan fingerprint density at radius 1 is 1.12 bits per heavy atom. The monoisotopic (exact) mass is 498 g/mol.